The van der Waals surface area contributed by atoms with Crippen LogP contribution in [0, 0.1) is 0 Å². The number of nitrogens with one attached hydrogen (secondary N) is 2. The molecule has 2 N–H and O–H groups in total. The average Bonchev–Trinajstić information content (AvgIpc) is 1.97. The summed E-state index contributed by atoms with van der Waals surface area (Å²) in [6, 6.07) is 0. The summed E-state index contributed by atoms with van der Waals surface area (Å²) < 4.78 is 34.8. The molecule has 0 saturated heterocycles. The van der Waals surface area contributed by atoms with Gasteiger partial charge >= 0.3 is 6.18 Å². The summed E-state index contributed by atoms with van der Waals surface area (Å²) in [6.07, 6.45) is -5.07. The number of alkyl halides is 3. The first-order valence-electron chi connectivity index (χ1n) is 4.00. The Labute approximate surface area is 74.7 Å². The van der Waals surface area contributed by atoms with E-state index in [1.165, 1.54) is 0 Å². The predicted octanol–water partition coefficient (Wildman–Crippen LogP) is 0.664. The highest BCUT2D eigenvalue weighted by atomic mass is 19.4. The highest BCUT2D eigenvalue weighted by Crippen LogP contribution is 2.17. The lowest BCUT2D eigenvalue weighted by Gasteiger charge is -2.07. The highest BCUT2D eigenvalue weighted by Gasteiger charge is 2.25. The number of likely N-dealkylation sites (N-methyl/N-ethyl adjacent to an activating group) is 1. The van der Waals surface area contributed by atoms with Gasteiger partial charge in [-0.25, -0.2) is 0 Å². The zero-order valence-electron chi connectivity index (χ0n) is 7.37. The minimum absolute atomic E-state index is 0.0656. The second kappa shape index (κ2) is 5.80. The van der Waals surface area contributed by atoms with Gasteiger partial charge in [0, 0.05) is 13.1 Å². The van der Waals surface area contributed by atoms with E-state index >= 15 is 0 Å². The topological polar surface area (TPSA) is 41.1 Å². The van der Waals surface area contributed by atoms with Gasteiger partial charge < -0.3 is 10.6 Å². The number of carbonyl (C=O) groups is 1. The molecule has 0 radical (unpaired) electrons. The Hall–Kier alpha value is -0.780. The van der Waals surface area contributed by atoms with E-state index in [2.05, 4.69) is 10.6 Å². The van der Waals surface area contributed by atoms with Crippen molar-refractivity contribution in [3.8, 4) is 0 Å². The standard InChI is InChI=1S/C7H13F3N2O/c1-2-12-6(13)5-11-4-3-7(8,9)10/h11H,2-5H2,1H3,(H,12,13). The van der Waals surface area contributed by atoms with Crippen LogP contribution in [0.5, 0.6) is 0 Å². The van der Waals surface area contributed by atoms with E-state index in [0.717, 1.165) is 0 Å². The first-order chi connectivity index (χ1) is 5.95. The quantitative estimate of drug-likeness (QED) is 0.637. The van der Waals surface area contributed by atoms with E-state index in [0.29, 0.717) is 6.54 Å². The van der Waals surface area contributed by atoms with Crippen LogP contribution in [0.3, 0.4) is 0 Å². The van der Waals surface area contributed by atoms with Crippen LogP contribution in [0.1, 0.15) is 13.3 Å². The van der Waals surface area contributed by atoms with Crippen LogP contribution in [0.25, 0.3) is 0 Å². The predicted molar refractivity (Wildman–Crippen MR) is 42.2 cm³/mol. The van der Waals surface area contributed by atoms with Gasteiger partial charge in [0.25, 0.3) is 0 Å². The van der Waals surface area contributed by atoms with E-state index in [-0.39, 0.29) is 19.0 Å². The Balaban J connectivity index is 3.31. The zero-order chi connectivity index (χ0) is 10.3. The van der Waals surface area contributed by atoms with Gasteiger partial charge in [-0.05, 0) is 6.92 Å². The molecule has 6 heteroatoms. The van der Waals surface area contributed by atoms with Crippen LogP contribution in [0.2, 0.25) is 0 Å². The monoisotopic (exact) mass is 198 g/mol. The molecular formula is C7H13F3N2O. The first-order valence-corrected chi connectivity index (χ1v) is 4.00. The summed E-state index contributed by atoms with van der Waals surface area (Å²) in [7, 11) is 0. The molecule has 13 heavy (non-hydrogen) atoms. The number of rotatable bonds is 5. The molecule has 0 aliphatic carbocycles. The van der Waals surface area contributed by atoms with E-state index in [4.69, 9.17) is 0 Å². The number of hydrogen-bond donors (Lipinski definition) is 2. The Morgan fingerprint density at radius 3 is 2.46 bits per heavy atom. The van der Waals surface area contributed by atoms with Gasteiger partial charge in [-0.3, -0.25) is 4.79 Å². The SMILES string of the molecule is CCNC(=O)CNCCC(F)(F)F. The molecule has 0 aliphatic rings. The van der Waals surface area contributed by atoms with Crippen molar-refractivity contribution in [1.29, 1.82) is 0 Å². The van der Waals surface area contributed by atoms with Gasteiger partial charge in [0.1, 0.15) is 0 Å². The van der Waals surface area contributed by atoms with E-state index in [9.17, 15) is 18.0 Å². The zero-order valence-corrected chi connectivity index (χ0v) is 7.37. The third kappa shape index (κ3) is 9.13. The van der Waals surface area contributed by atoms with E-state index in [1.807, 2.05) is 0 Å². The number of amides is 1. The second-order valence-corrected chi connectivity index (χ2v) is 2.50. The smallest absolute Gasteiger partial charge is 0.355 e. The molecule has 0 bridgehead atoms. The van der Waals surface area contributed by atoms with Gasteiger partial charge in [-0.1, -0.05) is 0 Å². The number of hydrogen-bond acceptors (Lipinski definition) is 2. The lowest BCUT2D eigenvalue weighted by Crippen LogP contribution is -2.35. The van der Waals surface area contributed by atoms with Crippen molar-refractivity contribution in [2.45, 2.75) is 19.5 Å². The molecule has 78 valence electrons. The molecule has 0 aromatic carbocycles. The molecule has 0 atom stereocenters. The van der Waals surface area contributed by atoms with Gasteiger partial charge in [0.15, 0.2) is 0 Å². The molecule has 0 unspecified atom stereocenters. The van der Waals surface area contributed by atoms with Crippen molar-refractivity contribution >= 4 is 5.91 Å². The fourth-order valence-corrected chi connectivity index (χ4v) is 0.692. The molecule has 0 spiro atoms. The molecule has 0 aromatic rings. The maximum absolute atomic E-state index is 11.6. The van der Waals surface area contributed by atoms with Gasteiger partial charge in [0.05, 0.1) is 13.0 Å². The molecule has 0 saturated carbocycles. The molecule has 1 amide bonds. The Bertz CT molecular complexity index is 158. The molecular weight excluding hydrogens is 185 g/mol. The Kier molecular flexibility index (Phi) is 5.45. The molecule has 0 rings (SSSR count). The molecule has 0 fully saturated rings. The largest absolute Gasteiger partial charge is 0.390 e. The van der Waals surface area contributed by atoms with E-state index in [1.54, 1.807) is 6.92 Å². The lowest BCUT2D eigenvalue weighted by molar-refractivity contribution is -0.134. The molecule has 0 aromatic heterocycles. The molecule has 0 heterocycles. The normalized spacial score (nSPS) is 11.4. The van der Waals surface area contributed by atoms with Crippen molar-refractivity contribution in [3.05, 3.63) is 0 Å². The maximum atomic E-state index is 11.6. The van der Waals surface area contributed by atoms with Crippen molar-refractivity contribution in [3.63, 3.8) is 0 Å². The Morgan fingerprint density at radius 1 is 1.38 bits per heavy atom. The fourth-order valence-electron chi connectivity index (χ4n) is 0.692. The fraction of sp³-hybridized carbons (Fsp3) is 0.857. The van der Waals surface area contributed by atoms with Crippen molar-refractivity contribution in [1.82, 2.24) is 10.6 Å². The van der Waals surface area contributed by atoms with Crippen molar-refractivity contribution < 1.29 is 18.0 Å². The first kappa shape index (κ1) is 12.2. The summed E-state index contributed by atoms with van der Waals surface area (Å²) in [4.78, 5) is 10.7. The summed E-state index contributed by atoms with van der Waals surface area (Å²) >= 11 is 0. The lowest BCUT2D eigenvalue weighted by atomic mass is 10.4. The van der Waals surface area contributed by atoms with Crippen LogP contribution in [0.15, 0.2) is 0 Å². The third-order valence-corrected chi connectivity index (χ3v) is 1.24. The van der Waals surface area contributed by atoms with Gasteiger partial charge in [-0.2, -0.15) is 13.2 Å². The number of halogens is 3. The molecule has 3 nitrogen and oxygen atoms in total. The second-order valence-electron chi connectivity index (χ2n) is 2.50. The van der Waals surface area contributed by atoms with Gasteiger partial charge in [0.2, 0.25) is 5.91 Å². The van der Waals surface area contributed by atoms with Crippen LogP contribution in [-0.2, 0) is 4.79 Å². The summed E-state index contributed by atoms with van der Waals surface area (Å²) in [5, 5.41) is 4.85. The third-order valence-electron chi connectivity index (χ3n) is 1.24. The minimum atomic E-state index is -4.16. The van der Waals surface area contributed by atoms with E-state index < -0.39 is 12.6 Å². The summed E-state index contributed by atoms with van der Waals surface area (Å²) in [6.45, 7) is 1.94. The number of carbonyl (C=O) groups excluding carboxylic acids is 1. The Morgan fingerprint density at radius 2 is 2.00 bits per heavy atom. The maximum Gasteiger partial charge on any atom is 0.390 e. The summed E-state index contributed by atoms with van der Waals surface area (Å²) in [5.74, 6) is -0.287. The van der Waals surface area contributed by atoms with Crippen molar-refractivity contribution in [2.75, 3.05) is 19.6 Å². The molecule has 0 aliphatic heterocycles. The minimum Gasteiger partial charge on any atom is -0.355 e. The van der Waals surface area contributed by atoms with Gasteiger partial charge in [-0.15, -0.1) is 0 Å². The van der Waals surface area contributed by atoms with Crippen LogP contribution < -0.4 is 10.6 Å². The average molecular weight is 198 g/mol. The van der Waals surface area contributed by atoms with Crippen molar-refractivity contribution in [2.24, 2.45) is 0 Å². The summed E-state index contributed by atoms with van der Waals surface area (Å²) in [5.41, 5.74) is 0. The van der Waals surface area contributed by atoms with Crippen LogP contribution in [0.4, 0.5) is 13.2 Å². The van der Waals surface area contributed by atoms with Crippen LogP contribution in [-0.4, -0.2) is 31.7 Å². The highest BCUT2D eigenvalue weighted by molar-refractivity contribution is 5.77. The van der Waals surface area contributed by atoms with Crippen LogP contribution >= 0.6 is 0 Å².